The molecule has 2 fully saturated rings. The number of nitrogens with one attached hydrogen (secondary N) is 1. The Morgan fingerprint density at radius 3 is 2.81 bits per heavy atom. The number of aliphatic hydroxyl groups excluding tert-OH is 1. The van der Waals surface area contributed by atoms with Gasteiger partial charge in [0.1, 0.15) is 5.82 Å². The summed E-state index contributed by atoms with van der Waals surface area (Å²) in [5, 5.41) is 18.1. The van der Waals surface area contributed by atoms with Crippen LogP contribution in [0.25, 0.3) is 11.4 Å². The van der Waals surface area contributed by atoms with E-state index >= 15 is 0 Å². The molecule has 0 unspecified atom stereocenters. The summed E-state index contributed by atoms with van der Waals surface area (Å²) in [6.07, 6.45) is 9.39. The molecule has 2 aromatic rings. The zero-order chi connectivity index (χ0) is 18.8. The van der Waals surface area contributed by atoms with Crippen molar-refractivity contribution in [3.63, 3.8) is 0 Å². The molecule has 2 heterocycles. The number of rotatable bonds is 4. The van der Waals surface area contributed by atoms with Gasteiger partial charge in [0.05, 0.1) is 12.1 Å². The lowest BCUT2D eigenvalue weighted by atomic mass is 9.83. The first-order chi connectivity index (χ1) is 13.1. The van der Waals surface area contributed by atoms with Gasteiger partial charge in [-0.05, 0) is 44.2 Å². The molecule has 144 valence electrons. The number of aliphatic hydroxyl groups is 1. The highest BCUT2D eigenvalue weighted by atomic mass is 16.3. The molecule has 0 aromatic carbocycles. The van der Waals surface area contributed by atoms with E-state index in [0.29, 0.717) is 18.7 Å². The quantitative estimate of drug-likeness (QED) is 0.862. The molecule has 0 aliphatic heterocycles. The molecule has 3 atom stereocenters. The number of pyridine rings is 1. The number of nitrogens with zero attached hydrogens (tertiary/aromatic N) is 4. The fraction of sp³-hybridized carbons (Fsp3) is 0.600. The Balaban J connectivity index is 1.47. The predicted molar refractivity (Wildman–Crippen MR) is 101 cm³/mol. The second kappa shape index (κ2) is 7.76. The number of aryl methyl sites for hydroxylation is 1. The van der Waals surface area contributed by atoms with Crippen LogP contribution in [0.3, 0.4) is 0 Å². The van der Waals surface area contributed by atoms with Gasteiger partial charge in [-0.3, -0.25) is 14.5 Å². The third-order valence-corrected chi connectivity index (χ3v) is 5.95. The fourth-order valence-corrected chi connectivity index (χ4v) is 4.40. The maximum Gasteiger partial charge on any atom is 0.223 e. The van der Waals surface area contributed by atoms with Crippen molar-refractivity contribution in [2.24, 2.45) is 13.0 Å². The average Bonchev–Trinajstić information content (AvgIpc) is 3.34. The molecular formula is C20H27N5O2. The van der Waals surface area contributed by atoms with Crippen LogP contribution < -0.4 is 5.32 Å². The summed E-state index contributed by atoms with van der Waals surface area (Å²) >= 11 is 0. The monoisotopic (exact) mass is 369 g/mol. The summed E-state index contributed by atoms with van der Waals surface area (Å²) < 4.78 is 1.82. The molecule has 0 radical (unpaired) electrons. The molecule has 2 aliphatic carbocycles. The van der Waals surface area contributed by atoms with E-state index in [9.17, 15) is 9.90 Å². The Labute approximate surface area is 159 Å². The summed E-state index contributed by atoms with van der Waals surface area (Å²) in [6.45, 7) is 0. The minimum atomic E-state index is -0.488. The van der Waals surface area contributed by atoms with Crippen molar-refractivity contribution in [1.82, 2.24) is 25.1 Å². The van der Waals surface area contributed by atoms with Gasteiger partial charge in [0.15, 0.2) is 5.82 Å². The Morgan fingerprint density at radius 1 is 1.26 bits per heavy atom. The highest BCUT2D eigenvalue weighted by Crippen LogP contribution is 2.34. The molecular weight excluding hydrogens is 342 g/mol. The van der Waals surface area contributed by atoms with Gasteiger partial charge in [0.25, 0.3) is 0 Å². The molecule has 0 saturated heterocycles. The van der Waals surface area contributed by atoms with Gasteiger partial charge < -0.3 is 10.4 Å². The van der Waals surface area contributed by atoms with Crippen molar-refractivity contribution in [3.05, 3.63) is 30.4 Å². The van der Waals surface area contributed by atoms with Gasteiger partial charge in [-0.2, -0.15) is 5.10 Å². The van der Waals surface area contributed by atoms with Gasteiger partial charge >= 0.3 is 0 Å². The normalized spacial score (nSPS) is 26.2. The summed E-state index contributed by atoms with van der Waals surface area (Å²) in [4.78, 5) is 21.4. The first-order valence-electron chi connectivity index (χ1n) is 9.91. The van der Waals surface area contributed by atoms with Crippen LogP contribution in [0.5, 0.6) is 0 Å². The zero-order valence-corrected chi connectivity index (χ0v) is 15.7. The zero-order valence-electron chi connectivity index (χ0n) is 15.7. The van der Waals surface area contributed by atoms with Crippen LogP contribution in [0.2, 0.25) is 0 Å². The van der Waals surface area contributed by atoms with Gasteiger partial charge in [-0.1, -0.05) is 12.8 Å². The standard InChI is InChI=1S/C20H27N5O2/c1-25-19(23-18(24-25)15-7-4-10-21-12-15)14-8-9-17(26)16(11-14)22-20(27)13-5-2-3-6-13/h4,7,10,12-14,16-17,26H,2-3,5-6,8-9,11H2,1H3,(H,22,27)/t14-,16+,17+/m0/s1. The van der Waals surface area contributed by atoms with E-state index in [1.807, 2.05) is 23.9 Å². The Morgan fingerprint density at radius 2 is 2.07 bits per heavy atom. The van der Waals surface area contributed by atoms with Crippen molar-refractivity contribution in [2.75, 3.05) is 0 Å². The lowest BCUT2D eigenvalue weighted by molar-refractivity contribution is -0.126. The van der Waals surface area contributed by atoms with E-state index in [2.05, 4.69) is 15.4 Å². The van der Waals surface area contributed by atoms with Crippen LogP contribution in [0.4, 0.5) is 0 Å². The molecule has 7 heteroatoms. The molecule has 7 nitrogen and oxygen atoms in total. The Kier molecular flexibility index (Phi) is 5.20. The molecule has 27 heavy (non-hydrogen) atoms. The SMILES string of the molecule is Cn1nc(-c2cccnc2)nc1[C@H]1CC[C@@H](O)[C@H](NC(=O)C2CCCC2)C1. The highest BCUT2D eigenvalue weighted by molar-refractivity contribution is 5.79. The Bertz CT molecular complexity index is 785. The number of aromatic nitrogens is 4. The highest BCUT2D eigenvalue weighted by Gasteiger charge is 2.35. The summed E-state index contributed by atoms with van der Waals surface area (Å²) in [5.41, 5.74) is 0.890. The maximum absolute atomic E-state index is 12.5. The molecule has 1 amide bonds. The van der Waals surface area contributed by atoms with E-state index in [-0.39, 0.29) is 23.8 Å². The summed E-state index contributed by atoms with van der Waals surface area (Å²) in [5.74, 6) is 1.96. The summed E-state index contributed by atoms with van der Waals surface area (Å²) in [6, 6.07) is 3.61. The number of hydrogen-bond acceptors (Lipinski definition) is 5. The van der Waals surface area contributed by atoms with E-state index in [4.69, 9.17) is 4.98 Å². The first-order valence-corrected chi connectivity index (χ1v) is 9.91. The van der Waals surface area contributed by atoms with Gasteiger partial charge in [0.2, 0.25) is 5.91 Å². The lowest BCUT2D eigenvalue weighted by Crippen LogP contribution is -2.48. The van der Waals surface area contributed by atoms with Crippen LogP contribution >= 0.6 is 0 Å². The lowest BCUT2D eigenvalue weighted by Gasteiger charge is -2.33. The summed E-state index contributed by atoms with van der Waals surface area (Å²) in [7, 11) is 1.90. The minimum absolute atomic E-state index is 0.103. The van der Waals surface area contributed by atoms with Crippen molar-refractivity contribution < 1.29 is 9.90 Å². The topological polar surface area (TPSA) is 92.9 Å². The van der Waals surface area contributed by atoms with Crippen molar-refractivity contribution >= 4 is 5.91 Å². The average molecular weight is 369 g/mol. The first kappa shape index (κ1) is 18.1. The number of carbonyl (C=O) groups is 1. The second-order valence-corrected chi connectivity index (χ2v) is 7.83. The number of amides is 1. The van der Waals surface area contributed by atoms with Crippen molar-refractivity contribution in [2.45, 2.75) is 63.0 Å². The number of hydrogen-bond donors (Lipinski definition) is 2. The Hall–Kier alpha value is -2.28. The molecule has 2 saturated carbocycles. The maximum atomic E-state index is 12.5. The largest absolute Gasteiger partial charge is 0.391 e. The van der Waals surface area contributed by atoms with E-state index in [1.165, 1.54) is 0 Å². The molecule has 4 rings (SSSR count). The molecule has 2 aromatic heterocycles. The second-order valence-electron chi connectivity index (χ2n) is 7.83. The van der Waals surface area contributed by atoms with Crippen LogP contribution in [0.15, 0.2) is 24.5 Å². The molecule has 2 aliphatic rings. The molecule has 0 bridgehead atoms. The third-order valence-electron chi connectivity index (χ3n) is 5.95. The number of carbonyl (C=O) groups excluding carboxylic acids is 1. The van der Waals surface area contributed by atoms with E-state index < -0.39 is 6.10 Å². The van der Waals surface area contributed by atoms with Gasteiger partial charge in [-0.15, -0.1) is 0 Å². The van der Waals surface area contributed by atoms with Crippen LogP contribution in [0.1, 0.15) is 56.7 Å². The third kappa shape index (κ3) is 3.88. The molecule has 0 spiro atoms. The molecule has 2 N–H and O–H groups in total. The van der Waals surface area contributed by atoms with Crippen LogP contribution in [0, 0.1) is 5.92 Å². The van der Waals surface area contributed by atoms with Crippen molar-refractivity contribution in [3.8, 4) is 11.4 Å². The van der Waals surface area contributed by atoms with Crippen LogP contribution in [-0.2, 0) is 11.8 Å². The van der Waals surface area contributed by atoms with Crippen LogP contribution in [-0.4, -0.2) is 42.9 Å². The van der Waals surface area contributed by atoms with E-state index in [1.54, 1.807) is 12.4 Å². The minimum Gasteiger partial charge on any atom is -0.391 e. The van der Waals surface area contributed by atoms with Crippen molar-refractivity contribution in [1.29, 1.82) is 0 Å². The smallest absolute Gasteiger partial charge is 0.223 e. The predicted octanol–water partition coefficient (Wildman–Crippen LogP) is 2.18. The fourth-order valence-electron chi connectivity index (χ4n) is 4.40. The van der Waals surface area contributed by atoms with Gasteiger partial charge in [0, 0.05) is 36.8 Å². The van der Waals surface area contributed by atoms with E-state index in [0.717, 1.165) is 43.5 Å². The van der Waals surface area contributed by atoms with Gasteiger partial charge in [-0.25, -0.2) is 4.98 Å².